The second kappa shape index (κ2) is 2.11. The summed E-state index contributed by atoms with van der Waals surface area (Å²) in [6.45, 7) is 2.89. The first kappa shape index (κ1) is 7.92. The van der Waals surface area contributed by atoms with Gasteiger partial charge in [-0.3, -0.25) is 0 Å². The van der Waals surface area contributed by atoms with E-state index in [0.717, 1.165) is 35.5 Å². The Morgan fingerprint density at radius 2 is 1.36 bits per heavy atom. The molecule has 0 aromatic heterocycles. The Balaban J connectivity index is 1.75. The zero-order valence-corrected chi connectivity index (χ0v) is 9.19. The van der Waals surface area contributed by atoms with Crippen LogP contribution in [0.5, 0.6) is 0 Å². The highest BCUT2D eigenvalue weighted by atomic mass is 15.3. The van der Waals surface area contributed by atoms with Gasteiger partial charge >= 0.3 is 0 Å². The third-order valence-corrected chi connectivity index (χ3v) is 5.38. The maximum absolute atomic E-state index is 2.57. The predicted molar refractivity (Wildman–Crippen MR) is 56.5 cm³/mol. The highest BCUT2D eigenvalue weighted by molar-refractivity contribution is 5.21. The van der Waals surface area contributed by atoms with Gasteiger partial charge in [-0.1, -0.05) is 12.2 Å². The highest BCUT2D eigenvalue weighted by Crippen LogP contribution is 2.65. The van der Waals surface area contributed by atoms with E-state index in [2.05, 4.69) is 26.2 Å². The first-order valence-electron chi connectivity index (χ1n) is 6.16. The average molecular weight is 190 g/mol. The molecule has 1 aliphatic heterocycles. The van der Waals surface area contributed by atoms with Gasteiger partial charge in [0.15, 0.2) is 0 Å². The van der Waals surface area contributed by atoms with Crippen LogP contribution in [-0.2, 0) is 0 Å². The molecule has 14 heavy (non-hydrogen) atoms. The molecule has 3 fully saturated rings. The van der Waals surface area contributed by atoms with Gasteiger partial charge in [-0.2, -0.15) is 0 Å². The van der Waals surface area contributed by atoms with E-state index in [1.165, 1.54) is 17.6 Å². The Kier molecular flexibility index (Phi) is 1.19. The van der Waals surface area contributed by atoms with Crippen LogP contribution in [0.4, 0.5) is 0 Å². The fourth-order valence-corrected chi connectivity index (χ4v) is 4.88. The molecule has 5 aliphatic rings. The normalized spacial score (nSPS) is 61.0. The van der Waals surface area contributed by atoms with E-state index in [-0.39, 0.29) is 0 Å². The summed E-state index contributed by atoms with van der Waals surface area (Å²) in [5.41, 5.74) is 0. The fourth-order valence-electron chi connectivity index (χ4n) is 4.88. The van der Waals surface area contributed by atoms with Crippen LogP contribution >= 0.6 is 0 Å². The topological polar surface area (TPSA) is 0 Å². The average Bonchev–Trinajstić information content (AvgIpc) is 2.83. The molecule has 1 nitrogen and oxygen atoms in total. The molecule has 6 unspecified atom stereocenters. The zero-order chi connectivity index (χ0) is 9.50. The van der Waals surface area contributed by atoms with Crippen LogP contribution in [0.3, 0.4) is 0 Å². The maximum Gasteiger partial charge on any atom is 0.0822 e. The molecule has 1 heteroatoms. The molecule has 0 N–H and O–H groups in total. The van der Waals surface area contributed by atoms with Gasteiger partial charge in [0.2, 0.25) is 0 Å². The van der Waals surface area contributed by atoms with Gasteiger partial charge in [-0.15, -0.1) is 0 Å². The van der Waals surface area contributed by atoms with Crippen LogP contribution < -0.4 is 0 Å². The summed E-state index contributed by atoms with van der Waals surface area (Å²) in [4.78, 5) is 0. The van der Waals surface area contributed by atoms with Crippen molar-refractivity contribution in [1.29, 1.82) is 0 Å². The van der Waals surface area contributed by atoms with Crippen molar-refractivity contribution in [3.63, 3.8) is 0 Å². The van der Waals surface area contributed by atoms with Gasteiger partial charge in [0, 0.05) is 11.8 Å². The summed E-state index contributed by atoms with van der Waals surface area (Å²) in [7, 11) is 4.84. The Morgan fingerprint density at radius 1 is 0.857 bits per heavy atom. The summed E-state index contributed by atoms with van der Waals surface area (Å²) in [6.07, 6.45) is 6.71. The first-order chi connectivity index (χ1) is 6.66. The van der Waals surface area contributed by atoms with Crippen molar-refractivity contribution in [3.8, 4) is 0 Å². The van der Waals surface area contributed by atoms with Crippen molar-refractivity contribution < 1.29 is 4.48 Å². The molecular formula is C13H20N+. The Morgan fingerprint density at radius 3 is 1.86 bits per heavy atom. The molecule has 0 amide bonds. The van der Waals surface area contributed by atoms with Gasteiger partial charge in [0.05, 0.1) is 27.2 Å². The number of quaternary nitrogens is 1. The lowest BCUT2D eigenvalue weighted by molar-refractivity contribution is -0.881. The summed E-state index contributed by atoms with van der Waals surface area (Å²) in [6, 6.07) is 0. The lowest BCUT2D eigenvalue weighted by Crippen LogP contribution is -2.37. The molecule has 76 valence electrons. The standard InChI is InChI=1S/C13H20N/c1-14(2)6-12-8-3-4-9(13(12)7-14)11-5-10(8)11/h3-4,8-13H,5-7H2,1-2H3/q+1. The van der Waals surface area contributed by atoms with Crippen molar-refractivity contribution >= 4 is 0 Å². The molecule has 0 spiro atoms. The van der Waals surface area contributed by atoms with Crippen molar-refractivity contribution in [2.75, 3.05) is 27.2 Å². The number of allylic oxidation sites excluding steroid dienone is 2. The van der Waals surface area contributed by atoms with Crippen LogP contribution in [0, 0.1) is 35.5 Å². The van der Waals surface area contributed by atoms with Crippen LogP contribution in [0.25, 0.3) is 0 Å². The van der Waals surface area contributed by atoms with E-state index in [9.17, 15) is 0 Å². The molecule has 1 heterocycles. The summed E-state index contributed by atoms with van der Waals surface area (Å²) in [5.74, 6) is 6.28. The maximum atomic E-state index is 2.57. The van der Waals surface area contributed by atoms with E-state index >= 15 is 0 Å². The second-order valence-corrected chi connectivity index (χ2v) is 6.73. The monoisotopic (exact) mass is 190 g/mol. The minimum atomic E-state index is 0.981. The van der Waals surface area contributed by atoms with Gasteiger partial charge in [-0.05, 0) is 30.1 Å². The van der Waals surface area contributed by atoms with Gasteiger partial charge in [-0.25, -0.2) is 0 Å². The van der Waals surface area contributed by atoms with Crippen molar-refractivity contribution in [3.05, 3.63) is 12.2 Å². The van der Waals surface area contributed by atoms with Crippen LogP contribution in [-0.4, -0.2) is 31.7 Å². The molecule has 2 saturated carbocycles. The number of likely N-dealkylation sites (tertiary alicyclic amines) is 1. The fraction of sp³-hybridized carbons (Fsp3) is 0.846. The van der Waals surface area contributed by atoms with Crippen LogP contribution in [0.2, 0.25) is 0 Å². The number of rotatable bonds is 0. The number of nitrogens with zero attached hydrogens (tertiary/aromatic N) is 1. The van der Waals surface area contributed by atoms with Crippen LogP contribution in [0.1, 0.15) is 6.42 Å². The molecule has 0 radical (unpaired) electrons. The van der Waals surface area contributed by atoms with Gasteiger partial charge < -0.3 is 4.48 Å². The van der Waals surface area contributed by atoms with Gasteiger partial charge in [0.1, 0.15) is 0 Å². The molecule has 0 aromatic carbocycles. The third-order valence-electron chi connectivity index (χ3n) is 5.38. The molecule has 6 atom stereocenters. The lowest BCUT2D eigenvalue weighted by atomic mass is 9.64. The third kappa shape index (κ3) is 0.809. The SMILES string of the molecule is C[N+]1(C)CC2C3C=CC(C4CC34)C2C1. The van der Waals surface area contributed by atoms with E-state index in [1.54, 1.807) is 6.42 Å². The minimum Gasteiger partial charge on any atom is -0.328 e. The van der Waals surface area contributed by atoms with E-state index in [4.69, 9.17) is 0 Å². The van der Waals surface area contributed by atoms with Crippen molar-refractivity contribution in [2.24, 2.45) is 35.5 Å². The number of hydrogen-bond acceptors (Lipinski definition) is 0. The molecule has 5 rings (SSSR count). The van der Waals surface area contributed by atoms with Gasteiger partial charge in [0.25, 0.3) is 0 Å². The zero-order valence-electron chi connectivity index (χ0n) is 9.19. The quantitative estimate of drug-likeness (QED) is 0.403. The van der Waals surface area contributed by atoms with Crippen molar-refractivity contribution in [2.45, 2.75) is 6.42 Å². The minimum absolute atomic E-state index is 0.981. The Labute approximate surface area is 86.4 Å². The molecule has 0 aromatic rings. The molecule has 4 aliphatic carbocycles. The lowest BCUT2D eigenvalue weighted by Gasteiger charge is -2.38. The molecular weight excluding hydrogens is 170 g/mol. The number of hydrogen-bond donors (Lipinski definition) is 0. The first-order valence-corrected chi connectivity index (χ1v) is 6.16. The van der Waals surface area contributed by atoms with E-state index < -0.39 is 0 Å². The summed E-state index contributed by atoms with van der Waals surface area (Å²) in [5, 5.41) is 0. The summed E-state index contributed by atoms with van der Waals surface area (Å²) >= 11 is 0. The Bertz CT molecular complexity index is 289. The van der Waals surface area contributed by atoms with E-state index in [1.807, 2.05) is 0 Å². The second-order valence-electron chi connectivity index (χ2n) is 6.73. The van der Waals surface area contributed by atoms with Crippen molar-refractivity contribution in [1.82, 2.24) is 0 Å². The summed E-state index contributed by atoms with van der Waals surface area (Å²) < 4.78 is 1.28. The smallest absolute Gasteiger partial charge is 0.0822 e. The predicted octanol–water partition coefficient (Wildman–Crippen LogP) is 1.76. The molecule has 1 saturated heterocycles. The highest BCUT2D eigenvalue weighted by Gasteiger charge is 2.63. The largest absolute Gasteiger partial charge is 0.328 e. The van der Waals surface area contributed by atoms with Crippen LogP contribution in [0.15, 0.2) is 12.2 Å². The van der Waals surface area contributed by atoms with E-state index in [0.29, 0.717) is 0 Å². The molecule has 2 bridgehead atoms. The Hall–Kier alpha value is -0.300.